The predicted molar refractivity (Wildman–Crippen MR) is 106 cm³/mol. The molecule has 2 aromatic carbocycles. The van der Waals surface area contributed by atoms with Crippen molar-refractivity contribution in [3.8, 4) is 22.2 Å². The van der Waals surface area contributed by atoms with Crippen LogP contribution in [0.15, 0.2) is 18.3 Å². The van der Waals surface area contributed by atoms with Crippen LogP contribution in [0.3, 0.4) is 0 Å². The number of halogens is 2. The van der Waals surface area contributed by atoms with Crippen molar-refractivity contribution >= 4 is 44.2 Å². The van der Waals surface area contributed by atoms with E-state index in [1.165, 1.54) is 18.4 Å². The third-order valence-corrected chi connectivity index (χ3v) is 5.87. The summed E-state index contributed by atoms with van der Waals surface area (Å²) >= 11 is 7.59. The molecule has 5 nitrogen and oxygen atoms in total. The molecule has 0 saturated heterocycles. The number of hydrogen-bond acceptors (Lipinski definition) is 6. The molecule has 138 valence electrons. The molecule has 0 aliphatic heterocycles. The summed E-state index contributed by atoms with van der Waals surface area (Å²) in [5.41, 5.74) is 4.77. The Morgan fingerprint density at radius 3 is 2.56 bits per heavy atom. The second-order valence-corrected chi connectivity index (χ2v) is 7.45. The predicted octanol–water partition coefficient (Wildman–Crippen LogP) is 5.33. The Labute approximate surface area is 163 Å². The molecule has 0 spiro atoms. The molecule has 2 heterocycles. The van der Waals surface area contributed by atoms with Crippen LogP contribution in [0.2, 0.25) is 5.02 Å². The molecule has 27 heavy (non-hydrogen) atoms. The second kappa shape index (κ2) is 6.58. The number of rotatable bonds is 3. The molecule has 0 radical (unpaired) electrons. The third-order valence-electron chi connectivity index (χ3n) is 4.51. The van der Waals surface area contributed by atoms with Crippen LogP contribution in [0.4, 0.5) is 4.39 Å². The van der Waals surface area contributed by atoms with Gasteiger partial charge in [-0.2, -0.15) is 0 Å². The minimum Gasteiger partial charge on any atom is -0.494 e. The van der Waals surface area contributed by atoms with Gasteiger partial charge in [0.05, 0.1) is 36.1 Å². The van der Waals surface area contributed by atoms with Gasteiger partial charge >= 0.3 is 0 Å². The molecule has 0 atom stereocenters. The highest BCUT2D eigenvalue weighted by Crippen LogP contribution is 2.41. The Balaban J connectivity index is 2.04. The number of aryl methyl sites for hydroxylation is 1. The summed E-state index contributed by atoms with van der Waals surface area (Å²) in [5.74, 6) is -0.0761. The molecule has 4 aromatic rings. The quantitative estimate of drug-likeness (QED) is 0.462. The lowest BCUT2D eigenvalue weighted by Crippen LogP contribution is -1.96. The number of ether oxygens (including phenoxy) is 2. The lowest BCUT2D eigenvalue weighted by atomic mass is 10.0. The van der Waals surface area contributed by atoms with Gasteiger partial charge in [-0.05, 0) is 31.0 Å². The molecule has 4 rings (SSSR count). The van der Waals surface area contributed by atoms with E-state index in [1.54, 1.807) is 19.4 Å². The van der Waals surface area contributed by atoms with Gasteiger partial charge in [-0.15, -0.1) is 11.3 Å². The summed E-state index contributed by atoms with van der Waals surface area (Å²) in [7, 11) is 2.96. The number of thiazole rings is 1. The highest BCUT2D eigenvalue weighted by molar-refractivity contribution is 7.21. The molecule has 0 aliphatic rings. The van der Waals surface area contributed by atoms with Gasteiger partial charge in [-0.25, -0.2) is 19.3 Å². The Hall–Kier alpha value is -2.51. The minimum absolute atomic E-state index is 0.0470. The topological polar surface area (TPSA) is 57.1 Å². The lowest BCUT2D eigenvalue weighted by Gasteiger charge is -2.10. The molecule has 2 aromatic heterocycles. The van der Waals surface area contributed by atoms with Crippen LogP contribution in [0, 0.1) is 19.7 Å². The number of fused-ring (bicyclic) bond motifs is 2. The standard InChI is InChI=1S/C19H15ClFN3O2S/c1-8-5-10-17(22-7-13(23-10)26-4)14(9(8)2)19-24-18-12(27-19)6-11(25-3)16(21)15(18)20/h5-7H,1-4H3. The zero-order chi connectivity index (χ0) is 19.3. The van der Waals surface area contributed by atoms with Gasteiger partial charge in [-0.3, -0.25) is 0 Å². The SMILES string of the molecule is COc1cnc2c(-c3nc4c(Cl)c(F)c(OC)cc4s3)c(C)c(C)cc2n1. The lowest BCUT2D eigenvalue weighted by molar-refractivity contribution is 0.387. The Morgan fingerprint density at radius 1 is 1.07 bits per heavy atom. The maximum absolute atomic E-state index is 14.3. The van der Waals surface area contributed by atoms with Gasteiger partial charge < -0.3 is 9.47 Å². The zero-order valence-corrected chi connectivity index (χ0v) is 16.6. The van der Waals surface area contributed by atoms with E-state index in [2.05, 4.69) is 15.0 Å². The molecule has 0 amide bonds. The first kappa shape index (κ1) is 17.9. The summed E-state index contributed by atoms with van der Waals surface area (Å²) in [6, 6.07) is 3.58. The molecule has 8 heteroatoms. The summed E-state index contributed by atoms with van der Waals surface area (Å²) < 4.78 is 25.3. The van der Waals surface area contributed by atoms with E-state index in [9.17, 15) is 4.39 Å². The summed E-state index contributed by atoms with van der Waals surface area (Å²) in [5, 5.41) is 0.652. The molecular weight excluding hydrogens is 389 g/mol. The average molecular weight is 404 g/mol. The van der Waals surface area contributed by atoms with E-state index in [-0.39, 0.29) is 10.8 Å². The van der Waals surface area contributed by atoms with Gasteiger partial charge in [0.2, 0.25) is 5.88 Å². The van der Waals surface area contributed by atoms with Gasteiger partial charge in [0, 0.05) is 11.6 Å². The molecule has 0 saturated carbocycles. The van der Waals surface area contributed by atoms with Gasteiger partial charge in [0.15, 0.2) is 11.6 Å². The molecule has 0 fully saturated rings. The van der Waals surface area contributed by atoms with Crippen molar-refractivity contribution < 1.29 is 13.9 Å². The first-order chi connectivity index (χ1) is 12.9. The van der Waals surface area contributed by atoms with Crippen LogP contribution in [0.1, 0.15) is 11.1 Å². The van der Waals surface area contributed by atoms with Crippen LogP contribution in [-0.2, 0) is 0 Å². The zero-order valence-electron chi connectivity index (χ0n) is 15.1. The van der Waals surface area contributed by atoms with E-state index >= 15 is 0 Å². The number of nitrogens with zero attached hydrogens (tertiary/aromatic N) is 3. The van der Waals surface area contributed by atoms with E-state index < -0.39 is 5.82 Å². The smallest absolute Gasteiger partial charge is 0.232 e. The largest absolute Gasteiger partial charge is 0.494 e. The fourth-order valence-corrected chi connectivity index (χ4v) is 4.37. The maximum atomic E-state index is 14.3. The van der Waals surface area contributed by atoms with Crippen molar-refractivity contribution in [3.63, 3.8) is 0 Å². The van der Waals surface area contributed by atoms with Crippen molar-refractivity contribution in [2.75, 3.05) is 14.2 Å². The molecule has 0 unspecified atom stereocenters. The normalized spacial score (nSPS) is 11.3. The van der Waals surface area contributed by atoms with E-state index in [1.807, 2.05) is 19.9 Å². The Morgan fingerprint density at radius 2 is 1.85 bits per heavy atom. The van der Waals surface area contributed by atoms with Crippen LogP contribution >= 0.6 is 22.9 Å². The first-order valence-electron chi connectivity index (χ1n) is 8.08. The third kappa shape index (κ3) is 2.78. The van der Waals surface area contributed by atoms with E-state index in [0.717, 1.165) is 21.4 Å². The molecule has 0 bridgehead atoms. The number of hydrogen-bond donors (Lipinski definition) is 0. The highest BCUT2D eigenvalue weighted by Gasteiger charge is 2.20. The van der Waals surface area contributed by atoms with E-state index in [4.69, 9.17) is 21.1 Å². The monoisotopic (exact) mass is 403 g/mol. The summed E-state index contributed by atoms with van der Waals surface area (Å²) in [6.45, 7) is 4.01. The number of benzene rings is 2. The minimum atomic E-state index is -0.612. The van der Waals surface area contributed by atoms with Crippen molar-refractivity contribution in [2.45, 2.75) is 13.8 Å². The van der Waals surface area contributed by atoms with Crippen molar-refractivity contribution in [1.82, 2.24) is 15.0 Å². The fourth-order valence-electron chi connectivity index (χ4n) is 2.96. The van der Waals surface area contributed by atoms with Gasteiger partial charge in [0.1, 0.15) is 15.5 Å². The van der Waals surface area contributed by atoms with Crippen molar-refractivity contribution in [3.05, 3.63) is 40.3 Å². The van der Waals surface area contributed by atoms with Gasteiger partial charge in [-0.1, -0.05) is 11.6 Å². The van der Waals surface area contributed by atoms with Crippen molar-refractivity contribution in [1.29, 1.82) is 0 Å². The first-order valence-corrected chi connectivity index (χ1v) is 9.28. The highest BCUT2D eigenvalue weighted by atomic mass is 35.5. The molecule has 0 aliphatic carbocycles. The van der Waals surface area contributed by atoms with E-state index in [0.29, 0.717) is 27.4 Å². The van der Waals surface area contributed by atoms with Gasteiger partial charge in [0.25, 0.3) is 0 Å². The number of methoxy groups -OCH3 is 2. The molecule has 0 N–H and O–H groups in total. The summed E-state index contributed by atoms with van der Waals surface area (Å²) in [4.78, 5) is 13.6. The van der Waals surface area contributed by atoms with Crippen LogP contribution < -0.4 is 9.47 Å². The fraction of sp³-hybridized carbons (Fsp3) is 0.211. The summed E-state index contributed by atoms with van der Waals surface area (Å²) in [6.07, 6.45) is 1.57. The van der Waals surface area contributed by atoms with Crippen LogP contribution in [0.25, 0.3) is 31.8 Å². The van der Waals surface area contributed by atoms with Crippen molar-refractivity contribution in [2.24, 2.45) is 0 Å². The maximum Gasteiger partial charge on any atom is 0.232 e. The van der Waals surface area contributed by atoms with Crippen LogP contribution in [-0.4, -0.2) is 29.2 Å². The number of aromatic nitrogens is 3. The average Bonchev–Trinajstić information content (AvgIpc) is 3.09. The second-order valence-electron chi connectivity index (χ2n) is 6.05. The van der Waals surface area contributed by atoms with Crippen LogP contribution in [0.5, 0.6) is 11.6 Å². The Kier molecular flexibility index (Phi) is 4.36. The molecular formula is C19H15ClFN3O2S. The Bertz CT molecular complexity index is 1210.